The summed E-state index contributed by atoms with van der Waals surface area (Å²) in [5.74, 6) is -1.46. The lowest BCUT2D eigenvalue weighted by molar-refractivity contribution is 0.219. The second-order valence-electron chi connectivity index (χ2n) is 3.81. The fourth-order valence-corrected chi connectivity index (χ4v) is 2.54. The standard InChI is InChI=1S/C13H8BrClF2O/c14-9-1-7(2-10(15)5-9)13(18)8-3-11(16)6-12(17)4-8/h1-6,13,18H. The van der Waals surface area contributed by atoms with E-state index in [1.807, 2.05) is 0 Å². The molecule has 2 rings (SSSR count). The number of hydrogen-bond donors (Lipinski definition) is 1. The Morgan fingerprint density at radius 3 is 2.06 bits per heavy atom. The molecule has 0 bridgehead atoms. The van der Waals surface area contributed by atoms with E-state index in [0.717, 1.165) is 18.2 Å². The third-order valence-corrected chi connectivity index (χ3v) is 3.08. The summed E-state index contributed by atoms with van der Waals surface area (Å²) in [6.45, 7) is 0. The van der Waals surface area contributed by atoms with E-state index in [4.69, 9.17) is 11.6 Å². The average Bonchev–Trinajstić information content (AvgIpc) is 2.25. The van der Waals surface area contributed by atoms with Crippen LogP contribution in [0.1, 0.15) is 17.2 Å². The first-order valence-corrected chi connectivity index (χ1v) is 6.23. The van der Waals surface area contributed by atoms with E-state index < -0.39 is 17.7 Å². The third-order valence-electron chi connectivity index (χ3n) is 2.40. The molecule has 0 radical (unpaired) electrons. The zero-order chi connectivity index (χ0) is 13.3. The van der Waals surface area contributed by atoms with Crippen molar-refractivity contribution < 1.29 is 13.9 Å². The average molecular weight is 334 g/mol. The Kier molecular flexibility index (Phi) is 4.00. The highest BCUT2D eigenvalue weighted by Crippen LogP contribution is 2.28. The summed E-state index contributed by atoms with van der Waals surface area (Å²) >= 11 is 9.09. The number of hydrogen-bond acceptors (Lipinski definition) is 1. The minimum atomic E-state index is -1.13. The van der Waals surface area contributed by atoms with Gasteiger partial charge in [-0.25, -0.2) is 8.78 Å². The van der Waals surface area contributed by atoms with Crippen LogP contribution >= 0.6 is 27.5 Å². The van der Waals surface area contributed by atoms with Crippen molar-refractivity contribution in [2.24, 2.45) is 0 Å². The monoisotopic (exact) mass is 332 g/mol. The van der Waals surface area contributed by atoms with Crippen molar-refractivity contribution in [3.8, 4) is 0 Å². The number of aliphatic hydroxyl groups excluding tert-OH is 1. The molecule has 0 amide bonds. The van der Waals surface area contributed by atoms with Gasteiger partial charge in [-0.3, -0.25) is 0 Å². The largest absolute Gasteiger partial charge is 0.384 e. The van der Waals surface area contributed by atoms with Gasteiger partial charge < -0.3 is 5.11 Å². The third kappa shape index (κ3) is 3.07. The fraction of sp³-hybridized carbons (Fsp3) is 0.0769. The van der Waals surface area contributed by atoms with E-state index in [2.05, 4.69) is 15.9 Å². The van der Waals surface area contributed by atoms with Gasteiger partial charge in [0.25, 0.3) is 0 Å². The van der Waals surface area contributed by atoms with Crippen LogP contribution in [0.2, 0.25) is 5.02 Å². The molecular formula is C13H8BrClF2O. The molecule has 2 aromatic carbocycles. The number of benzene rings is 2. The van der Waals surface area contributed by atoms with Gasteiger partial charge in [0.2, 0.25) is 0 Å². The first-order chi connectivity index (χ1) is 8.45. The number of rotatable bonds is 2. The van der Waals surface area contributed by atoms with Crippen LogP contribution in [-0.4, -0.2) is 5.11 Å². The molecule has 18 heavy (non-hydrogen) atoms. The second-order valence-corrected chi connectivity index (χ2v) is 5.16. The second kappa shape index (κ2) is 5.34. The van der Waals surface area contributed by atoms with Crippen LogP contribution in [0.25, 0.3) is 0 Å². The minimum absolute atomic E-state index is 0.140. The van der Waals surface area contributed by atoms with Crippen molar-refractivity contribution in [1.29, 1.82) is 0 Å². The predicted octanol–water partition coefficient (Wildman–Crippen LogP) is 4.46. The lowest BCUT2D eigenvalue weighted by atomic mass is 10.0. The van der Waals surface area contributed by atoms with Crippen LogP contribution in [0.5, 0.6) is 0 Å². The molecule has 0 saturated carbocycles. The summed E-state index contributed by atoms with van der Waals surface area (Å²) < 4.78 is 26.8. The zero-order valence-electron chi connectivity index (χ0n) is 9.00. The van der Waals surface area contributed by atoms with E-state index in [1.54, 1.807) is 18.2 Å². The smallest absolute Gasteiger partial charge is 0.126 e. The van der Waals surface area contributed by atoms with Crippen LogP contribution in [0.4, 0.5) is 8.78 Å². The van der Waals surface area contributed by atoms with Crippen molar-refractivity contribution in [1.82, 2.24) is 0 Å². The topological polar surface area (TPSA) is 20.2 Å². The van der Waals surface area contributed by atoms with Gasteiger partial charge in [0.1, 0.15) is 17.7 Å². The first kappa shape index (κ1) is 13.5. The molecule has 0 saturated heterocycles. The molecular weight excluding hydrogens is 325 g/mol. The minimum Gasteiger partial charge on any atom is -0.384 e. The first-order valence-electron chi connectivity index (χ1n) is 5.06. The van der Waals surface area contributed by atoms with Crippen LogP contribution in [0, 0.1) is 11.6 Å². The highest BCUT2D eigenvalue weighted by molar-refractivity contribution is 9.10. The molecule has 0 fully saturated rings. The Balaban J connectivity index is 2.43. The molecule has 0 aliphatic carbocycles. The maximum atomic E-state index is 13.1. The lowest BCUT2D eigenvalue weighted by Gasteiger charge is -2.12. The van der Waals surface area contributed by atoms with Crippen molar-refractivity contribution >= 4 is 27.5 Å². The van der Waals surface area contributed by atoms with Gasteiger partial charge >= 0.3 is 0 Å². The quantitative estimate of drug-likeness (QED) is 0.860. The molecule has 0 aliphatic heterocycles. The van der Waals surface area contributed by atoms with E-state index in [9.17, 15) is 13.9 Å². The molecule has 1 N–H and O–H groups in total. The van der Waals surface area contributed by atoms with E-state index >= 15 is 0 Å². The molecule has 0 heterocycles. The fourth-order valence-electron chi connectivity index (χ4n) is 1.66. The van der Waals surface area contributed by atoms with Crippen LogP contribution in [-0.2, 0) is 0 Å². The molecule has 0 aliphatic rings. The summed E-state index contributed by atoms with van der Waals surface area (Å²) in [6, 6.07) is 7.76. The summed E-state index contributed by atoms with van der Waals surface area (Å²) in [7, 11) is 0. The summed E-state index contributed by atoms with van der Waals surface area (Å²) in [6.07, 6.45) is -1.13. The van der Waals surface area contributed by atoms with Crippen molar-refractivity contribution in [2.75, 3.05) is 0 Å². The Hall–Kier alpha value is -0.970. The van der Waals surface area contributed by atoms with E-state index in [-0.39, 0.29) is 5.56 Å². The predicted molar refractivity (Wildman–Crippen MR) is 69.6 cm³/mol. The van der Waals surface area contributed by atoms with Gasteiger partial charge in [0.15, 0.2) is 0 Å². The maximum Gasteiger partial charge on any atom is 0.126 e. The molecule has 94 valence electrons. The molecule has 0 spiro atoms. The summed E-state index contributed by atoms with van der Waals surface area (Å²) in [5, 5.41) is 10.5. The molecule has 1 nitrogen and oxygen atoms in total. The van der Waals surface area contributed by atoms with Gasteiger partial charge in [0.05, 0.1) is 0 Å². The molecule has 1 atom stereocenters. The van der Waals surface area contributed by atoms with Gasteiger partial charge in [-0.1, -0.05) is 27.5 Å². The van der Waals surface area contributed by atoms with Crippen LogP contribution in [0.3, 0.4) is 0 Å². The zero-order valence-corrected chi connectivity index (χ0v) is 11.3. The van der Waals surface area contributed by atoms with Crippen LogP contribution < -0.4 is 0 Å². The normalized spacial score (nSPS) is 12.5. The van der Waals surface area contributed by atoms with Gasteiger partial charge in [0, 0.05) is 15.6 Å². The molecule has 1 unspecified atom stereocenters. The molecule has 0 aromatic heterocycles. The summed E-state index contributed by atoms with van der Waals surface area (Å²) in [4.78, 5) is 0. The van der Waals surface area contributed by atoms with Crippen molar-refractivity contribution in [2.45, 2.75) is 6.10 Å². The Morgan fingerprint density at radius 2 is 1.50 bits per heavy atom. The Morgan fingerprint density at radius 1 is 0.944 bits per heavy atom. The Bertz CT molecular complexity index is 497. The molecule has 5 heteroatoms. The van der Waals surface area contributed by atoms with Gasteiger partial charge in [-0.2, -0.15) is 0 Å². The highest BCUT2D eigenvalue weighted by Gasteiger charge is 2.14. The summed E-state index contributed by atoms with van der Waals surface area (Å²) in [5.41, 5.74) is 0.598. The van der Waals surface area contributed by atoms with Crippen LogP contribution in [0.15, 0.2) is 40.9 Å². The molecule has 2 aromatic rings. The van der Waals surface area contributed by atoms with E-state index in [0.29, 0.717) is 15.1 Å². The van der Waals surface area contributed by atoms with Crippen molar-refractivity contribution in [3.05, 3.63) is 68.7 Å². The Labute approximate surface area is 116 Å². The van der Waals surface area contributed by atoms with Gasteiger partial charge in [-0.15, -0.1) is 0 Å². The van der Waals surface area contributed by atoms with Gasteiger partial charge in [-0.05, 0) is 41.5 Å². The van der Waals surface area contributed by atoms with E-state index in [1.165, 1.54) is 0 Å². The lowest BCUT2D eigenvalue weighted by Crippen LogP contribution is -2.01. The number of aliphatic hydroxyl groups is 1. The van der Waals surface area contributed by atoms with Crippen molar-refractivity contribution in [3.63, 3.8) is 0 Å². The SMILES string of the molecule is OC(c1cc(F)cc(F)c1)c1cc(Cl)cc(Br)c1. The maximum absolute atomic E-state index is 13.1. The highest BCUT2D eigenvalue weighted by atomic mass is 79.9. The number of halogens is 4.